The van der Waals surface area contributed by atoms with Crippen molar-refractivity contribution in [3.05, 3.63) is 0 Å². The van der Waals surface area contributed by atoms with Crippen molar-refractivity contribution in [2.45, 2.75) is 26.7 Å². The third-order valence-electron chi connectivity index (χ3n) is 2.52. The van der Waals surface area contributed by atoms with Gasteiger partial charge in [-0.25, -0.2) is 0 Å². The fourth-order valence-electron chi connectivity index (χ4n) is 1.35. The molecule has 1 aliphatic heterocycles. The molecule has 0 amide bonds. The summed E-state index contributed by atoms with van der Waals surface area (Å²) in [5.74, 6) is 1.86. The van der Waals surface area contributed by atoms with Crippen LogP contribution < -0.4 is 5.32 Å². The van der Waals surface area contributed by atoms with Crippen molar-refractivity contribution in [2.75, 3.05) is 13.1 Å². The van der Waals surface area contributed by atoms with Crippen molar-refractivity contribution in [1.82, 2.24) is 5.32 Å². The van der Waals surface area contributed by atoms with E-state index < -0.39 is 0 Å². The van der Waals surface area contributed by atoms with Gasteiger partial charge in [-0.2, -0.15) is 0 Å². The second-order valence-electron chi connectivity index (χ2n) is 3.28. The summed E-state index contributed by atoms with van der Waals surface area (Å²) in [4.78, 5) is 0. The average Bonchev–Trinajstić information content (AvgIpc) is 1.99. The largest absolute Gasteiger partial charge is 0.317 e. The van der Waals surface area contributed by atoms with Gasteiger partial charge in [0.05, 0.1) is 0 Å². The third kappa shape index (κ3) is 1.98. The normalized spacial score (nSPS) is 38.0. The van der Waals surface area contributed by atoms with E-state index in [0.717, 1.165) is 11.8 Å². The maximum Gasteiger partial charge on any atom is -0.00463 e. The topological polar surface area (TPSA) is 12.0 Å². The molecule has 0 bridgehead atoms. The number of hydrogen-bond acceptors (Lipinski definition) is 1. The lowest BCUT2D eigenvalue weighted by molar-refractivity contribution is 0.378. The Morgan fingerprint density at radius 1 is 1.00 bits per heavy atom. The number of rotatable bonds is 0. The smallest absolute Gasteiger partial charge is 0.00463 e. The lowest BCUT2D eigenvalue weighted by atomic mass is 9.92. The van der Waals surface area contributed by atoms with Crippen molar-refractivity contribution < 1.29 is 0 Å². The van der Waals surface area contributed by atoms with E-state index in [2.05, 4.69) is 19.2 Å². The van der Waals surface area contributed by atoms with Crippen LogP contribution in [0.25, 0.3) is 0 Å². The standard InChI is InChI=1S/C8H17N/c1-7-3-5-9-6-4-8(7)2/h7-9H,3-6H2,1-2H3. The summed E-state index contributed by atoms with van der Waals surface area (Å²) in [6.45, 7) is 7.17. The molecule has 0 aromatic heterocycles. The van der Waals surface area contributed by atoms with Crippen molar-refractivity contribution in [2.24, 2.45) is 11.8 Å². The first-order valence-corrected chi connectivity index (χ1v) is 4.01. The monoisotopic (exact) mass is 127 g/mol. The zero-order valence-electron chi connectivity index (χ0n) is 6.48. The molecular formula is C8H17N. The van der Waals surface area contributed by atoms with E-state index >= 15 is 0 Å². The molecule has 0 saturated carbocycles. The highest BCUT2D eigenvalue weighted by Crippen LogP contribution is 2.19. The molecule has 2 atom stereocenters. The Bertz CT molecular complexity index is 70.6. The number of hydrogen-bond donors (Lipinski definition) is 1. The van der Waals surface area contributed by atoms with E-state index in [4.69, 9.17) is 0 Å². The molecule has 0 aliphatic carbocycles. The summed E-state index contributed by atoms with van der Waals surface area (Å²) in [7, 11) is 0. The maximum atomic E-state index is 3.41. The molecule has 1 aliphatic rings. The minimum absolute atomic E-state index is 0.931. The van der Waals surface area contributed by atoms with Crippen molar-refractivity contribution in [1.29, 1.82) is 0 Å². The zero-order valence-corrected chi connectivity index (χ0v) is 6.48. The van der Waals surface area contributed by atoms with Crippen LogP contribution in [0.1, 0.15) is 26.7 Å². The predicted octanol–water partition coefficient (Wildman–Crippen LogP) is 1.64. The molecule has 1 fully saturated rings. The van der Waals surface area contributed by atoms with Gasteiger partial charge in [0.2, 0.25) is 0 Å². The van der Waals surface area contributed by atoms with Gasteiger partial charge in [-0.05, 0) is 37.8 Å². The van der Waals surface area contributed by atoms with E-state index in [1.165, 1.54) is 25.9 Å². The Kier molecular flexibility index (Phi) is 2.52. The molecule has 1 saturated heterocycles. The summed E-state index contributed by atoms with van der Waals surface area (Å²) >= 11 is 0. The highest BCUT2D eigenvalue weighted by molar-refractivity contribution is 4.68. The Morgan fingerprint density at radius 2 is 1.44 bits per heavy atom. The Labute approximate surface area is 57.8 Å². The molecule has 0 aromatic rings. The van der Waals surface area contributed by atoms with Crippen LogP contribution in [0.5, 0.6) is 0 Å². The van der Waals surface area contributed by atoms with Crippen LogP contribution in [0, 0.1) is 11.8 Å². The van der Waals surface area contributed by atoms with E-state index in [9.17, 15) is 0 Å². The van der Waals surface area contributed by atoms with Gasteiger partial charge in [-0.15, -0.1) is 0 Å². The van der Waals surface area contributed by atoms with Gasteiger partial charge in [-0.1, -0.05) is 13.8 Å². The molecule has 0 aromatic carbocycles. The van der Waals surface area contributed by atoms with Crippen molar-refractivity contribution in [3.8, 4) is 0 Å². The molecular weight excluding hydrogens is 110 g/mol. The lowest BCUT2D eigenvalue weighted by Crippen LogP contribution is -2.13. The van der Waals surface area contributed by atoms with Gasteiger partial charge in [-0.3, -0.25) is 0 Å². The summed E-state index contributed by atoms with van der Waals surface area (Å²) in [5.41, 5.74) is 0. The molecule has 1 nitrogen and oxygen atoms in total. The van der Waals surface area contributed by atoms with Crippen LogP contribution in [-0.4, -0.2) is 13.1 Å². The van der Waals surface area contributed by atoms with Crippen LogP contribution in [-0.2, 0) is 0 Å². The van der Waals surface area contributed by atoms with E-state index in [1.807, 2.05) is 0 Å². The Balaban J connectivity index is 2.32. The average molecular weight is 127 g/mol. The van der Waals surface area contributed by atoms with E-state index in [-0.39, 0.29) is 0 Å². The molecule has 54 valence electrons. The fraction of sp³-hybridized carbons (Fsp3) is 1.00. The second kappa shape index (κ2) is 3.21. The van der Waals surface area contributed by atoms with Crippen molar-refractivity contribution in [3.63, 3.8) is 0 Å². The van der Waals surface area contributed by atoms with Crippen molar-refractivity contribution >= 4 is 0 Å². The first-order valence-electron chi connectivity index (χ1n) is 4.01. The first-order chi connectivity index (χ1) is 4.30. The van der Waals surface area contributed by atoms with Gasteiger partial charge in [0.15, 0.2) is 0 Å². The molecule has 2 unspecified atom stereocenters. The molecule has 1 N–H and O–H groups in total. The predicted molar refractivity (Wildman–Crippen MR) is 40.4 cm³/mol. The number of nitrogens with one attached hydrogen (secondary N) is 1. The minimum Gasteiger partial charge on any atom is -0.317 e. The quantitative estimate of drug-likeness (QED) is 0.521. The lowest BCUT2D eigenvalue weighted by Gasteiger charge is -2.14. The van der Waals surface area contributed by atoms with Crippen LogP contribution in [0.15, 0.2) is 0 Å². The summed E-state index contributed by atoms with van der Waals surface area (Å²) in [5, 5.41) is 3.41. The Hall–Kier alpha value is -0.0400. The molecule has 1 rings (SSSR count). The van der Waals surface area contributed by atoms with Gasteiger partial charge >= 0.3 is 0 Å². The van der Waals surface area contributed by atoms with E-state index in [0.29, 0.717) is 0 Å². The first kappa shape index (κ1) is 7.07. The molecule has 1 heterocycles. The van der Waals surface area contributed by atoms with Gasteiger partial charge in [0, 0.05) is 0 Å². The highest BCUT2D eigenvalue weighted by atomic mass is 14.9. The van der Waals surface area contributed by atoms with Gasteiger partial charge < -0.3 is 5.32 Å². The van der Waals surface area contributed by atoms with Crippen LogP contribution in [0.2, 0.25) is 0 Å². The van der Waals surface area contributed by atoms with Gasteiger partial charge in [0.25, 0.3) is 0 Å². The molecule has 9 heavy (non-hydrogen) atoms. The highest BCUT2D eigenvalue weighted by Gasteiger charge is 2.13. The minimum atomic E-state index is 0.931. The van der Waals surface area contributed by atoms with Gasteiger partial charge in [0.1, 0.15) is 0 Å². The second-order valence-corrected chi connectivity index (χ2v) is 3.28. The fourth-order valence-corrected chi connectivity index (χ4v) is 1.35. The summed E-state index contributed by atoms with van der Waals surface area (Å²) in [6, 6.07) is 0. The maximum absolute atomic E-state index is 3.41. The SMILES string of the molecule is CC1CCNCCC1C. The Morgan fingerprint density at radius 3 is 1.89 bits per heavy atom. The van der Waals surface area contributed by atoms with E-state index in [1.54, 1.807) is 0 Å². The van der Waals surface area contributed by atoms with Crippen LogP contribution in [0.3, 0.4) is 0 Å². The molecule has 0 radical (unpaired) electrons. The van der Waals surface area contributed by atoms with Crippen LogP contribution >= 0.6 is 0 Å². The molecule has 0 spiro atoms. The third-order valence-corrected chi connectivity index (χ3v) is 2.52. The zero-order chi connectivity index (χ0) is 6.69. The van der Waals surface area contributed by atoms with Crippen LogP contribution in [0.4, 0.5) is 0 Å². The summed E-state index contributed by atoms with van der Waals surface area (Å²) < 4.78 is 0. The summed E-state index contributed by atoms with van der Waals surface area (Å²) in [6.07, 6.45) is 2.72. The molecule has 1 heteroatoms.